The van der Waals surface area contributed by atoms with Crippen LogP contribution in [0, 0.1) is 0 Å². The summed E-state index contributed by atoms with van der Waals surface area (Å²) in [7, 11) is 0. The molecule has 1 heterocycles. The molecule has 1 atom stereocenters. The quantitative estimate of drug-likeness (QED) is 0.742. The van der Waals surface area contributed by atoms with Crippen molar-refractivity contribution in [3.8, 4) is 0 Å². The van der Waals surface area contributed by atoms with Crippen molar-refractivity contribution in [2.45, 2.75) is 13.0 Å². The largest absolute Gasteiger partial charge is 0.394 e. The van der Waals surface area contributed by atoms with Crippen molar-refractivity contribution in [1.29, 1.82) is 0 Å². The summed E-state index contributed by atoms with van der Waals surface area (Å²) in [6.07, 6.45) is 1.68. The highest BCUT2D eigenvalue weighted by Crippen LogP contribution is 2.10. The number of aromatic nitrogens is 1. The summed E-state index contributed by atoms with van der Waals surface area (Å²) in [5, 5.41) is 11.3. The predicted octanol–water partition coefficient (Wildman–Crippen LogP) is 0.888. The molecule has 0 saturated heterocycles. The summed E-state index contributed by atoms with van der Waals surface area (Å²) >= 11 is 3.22. The summed E-state index contributed by atoms with van der Waals surface area (Å²) in [5.74, 6) is -0.216. The predicted molar refractivity (Wildman–Crippen MR) is 52.5 cm³/mol. The van der Waals surface area contributed by atoms with Gasteiger partial charge in [0.05, 0.1) is 6.61 Å². The summed E-state index contributed by atoms with van der Waals surface area (Å²) in [4.78, 5) is 14.1. The Morgan fingerprint density at radius 3 is 3.00 bits per heavy atom. The molecule has 72 valence electrons. The van der Waals surface area contributed by atoms with Crippen LogP contribution in [0.25, 0.3) is 0 Å². The van der Waals surface area contributed by atoms with E-state index >= 15 is 0 Å². The van der Waals surface area contributed by atoms with Gasteiger partial charge in [0, 0.05) is 16.7 Å². The summed E-state index contributed by atoms with van der Waals surface area (Å²) in [5.41, 5.74) is 0.479. The van der Waals surface area contributed by atoms with Crippen molar-refractivity contribution in [3.05, 3.63) is 22.4 Å². The number of rotatable bonds is 3. The van der Waals surface area contributed by atoms with E-state index in [1.807, 2.05) is 0 Å². The molecular formula is C8H11BrN2O2. The Morgan fingerprint density at radius 1 is 1.85 bits per heavy atom. The van der Waals surface area contributed by atoms with Gasteiger partial charge in [-0.2, -0.15) is 0 Å². The molecule has 1 aromatic rings. The normalized spacial score (nSPS) is 12.5. The molecular weight excluding hydrogens is 236 g/mol. The molecule has 5 heteroatoms. The number of hydrogen-bond acceptors (Lipinski definition) is 2. The fraction of sp³-hybridized carbons (Fsp3) is 0.375. The van der Waals surface area contributed by atoms with E-state index in [-0.39, 0.29) is 18.6 Å². The van der Waals surface area contributed by atoms with Gasteiger partial charge in [-0.1, -0.05) is 0 Å². The standard InChI is InChI=1S/C8H11BrN2O2/c1-5(4-12)11-8(13)7-2-6(9)3-10-7/h2-3,5,10,12H,4H2,1H3,(H,11,13). The Bertz CT molecular complexity index is 298. The summed E-state index contributed by atoms with van der Waals surface area (Å²) < 4.78 is 0.828. The first-order chi connectivity index (χ1) is 6.13. The minimum absolute atomic E-state index is 0.0619. The van der Waals surface area contributed by atoms with E-state index in [9.17, 15) is 4.79 Å². The van der Waals surface area contributed by atoms with Crippen LogP contribution in [0.2, 0.25) is 0 Å². The zero-order valence-electron chi connectivity index (χ0n) is 7.17. The van der Waals surface area contributed by atoms with Crippen molar-refractivity contribution in [3.63, 3.8) is 0 Å². The number of amides is 1. The van der Waals surface area contributed by atoms with Crippen molar-refractivity contribution in [1.82, 2.24) is 10.3 Å². The molecule has 1 amide bonds. The molecule has 1 unspecified atom stereocenters. The molecule has 0 saturated carbocycles. The molecule has 3 N–H and O–H groups in total. The Kier molecular flexibility index (Phi) is 3.50. The van der Waals surface area contributed by atoms with Gasteiger partial charge in [0.1, 0.15) is 5.69 Å². The van der Waals surface area contributed by atoms with E-state index in [1.54, 1.807) is 19.2 Å². The highest BCUT2D eigenvalue weighted by atomic mass is 79.9. The average Bonchev–Trinajstić information content (AvgIpc) is 2.51. The topological polar surface area (TPSA) is 65.1 Å². The van der Waals surface area contributed by atoms with E-state index < -0.39 is 0 Å². The van der Waals surface area contributed by atoms with Gasteiger partial charge >= 0.3 is 0 Å². The Balaban J connectivity index is 2.58. The number of carbonyl (C=O) groups is 1. The average molecular weight is 247 g/mol. The van der Waals surface area contributed by atoms with Crippen LogP contribution < -0.4 is 5.32 Å². The molecule has 0 fully saturated rings. The lowest BCUT2D eigenvalue weighted by atomic mass is 10.3. The molecule has 13 heavy (non-hydrogen) atoms. The molecule has 0 radical (unpaired) electrons. The van der Waals surface area contributed by atoms with Crippen LogP contribution in [0.5, 0.6) is 0 Å². The number of nitrogens with one attached hydrogen (secondary N) is 2. The third-order valence-electron chi connectivity index (χ3n) is 1.54. The van der Waals surface area contributed by atoms with Gasteiger partial charge in [0.25, 0.3) is 5.91 Å². The smallest absolute Gasteiger partial charge is 0.268 e. The van der Waals surface area contributed by atoms with Crippen LogP contribution in [-0.4, -0.2) is 28.6 Å². The second kappa shape index (κ2) is 4.43. The van der Waals surface area contributed by atoms with E-state index in [0.717, 1.165) is 4.47 Å². The van der Waals surface area contributed by atoms with Crippen LogP contribution in [0.1, 0.15) is 17.4 Å². The maximum absolute atomic E-state index is 11.4. The molecule has 1 aromatic heterocycles. The second-order valence-corrected chi connectivity index (χ2v) is 3.70. The third-order valence-corrected chi connectivity index (χ3v) is 2.00. The number of hydrogen-bond donors (Lipinski definition) is 3. The molecule has 0 aliphatic heterocycles. The maximum Gasteiger partial charge on any atom is 0.268 e. The first-order valence-electron chi connectivity index (χ1n) is 3.89. The van der Waals surface area contributed by atoms with Crippen LogP contribution >= 0.6 is 15.9 Å². The fourth-order valence-corrected chi connectivity index (χ4v) is 1.19. The van der Waals surface area contributed by atoms with Gasteiger partial charge in [-0.3, -0.25) is 4.79 Å². The summed E-state index contributed by atoms with van der Waals surface area (Å²) in [6.45, 7) is 1.67. The van der Waals surface area contributed by atoms with Gasteiger partial charge in [-0.15, -0.1) is 0 Å². The molecule has 0 aromatic carbocycles. The van der Waals surface area contributed by atoms with E-state index in [2.05, 4.69) is 26.2 Å². The van der Waals surface area contributed by atoms with Gasteiger partial charge in [-0.25, -0.2) is 0 Å². The molecule has 0 bridgehead atoms. The number of aliphatic hydroxyl groups is 1. The zero-order chi connectivity index (χ0) is 9.84. The second-order valence-electron chi connectivity index (χ2n) is 2.79. The lowest BCUT2D eigenvalue weighted by Gasteiger charge is -2.08. The van der Waals surface area contributed by atoms with E-state index in [1.165, 1.54) is 0 Å². The third kappa shape index (κ3) is 2.86. The van der Waals surface area contributed by atoms with Crippen LogP contribution in [-0.2, 0) is 0 Å². The fourth-order valence-electron chi connectivity index (χ4n) is 0.846. The lowest BCUT2D eigenvalue weighted by molar-refractivity contribution is 0.0918. The van der Waals surface area contributed by atoms with Crippen molar-refractivity contribution < 1.29 is 9.90 Å². The number of carbonyl (C=O) groups excluding carboxylic acids is 1. The first-order valence-corrected chi connectivity index (χ1v) is 4.68. The Morgan fingerprint density at radius 2 is 2.54 bits per heavy atom. The van der Waals surface area contributed by atoms with Crippen LogP contribution in [0.15, 0.2) is 16.7 Å². The van der Waals surface area contributed by atoms with Crippen molar-refractivity contribution >= 4 is 21.8 Å². The zero-order valence-corrected chi connectivity index (χ0v) is 8.76. The maximum atomic E-state index is 11.4. The molecule has 0 aliphatic carbocycles. The molecule has 0 aliphatic rings. The minimum Gasteiger partial charge on any atom is -0.394 e. The SMILES string of the molecule is CC(CO)NC(=O)c1cc(Br)c[nH]1. The van der Waals surface area contributed by atoms with Crippen molar-refractivity contribution in [2.75, 3.05) is 6.61 Å². The number of aliphatic hydroxyl groups excluding tert-OH is 1. The Hall–Kier alpha value is -0.810. The van der Waals surface area contributed by atoms with Gasteiger partial charge in [-0.05, 0) is 28.9 Å². The number of halogens is 1. The van der Waals surface area contributed by atoms with Crippen LogP contribution in [0.3, 0.4) is 0 Å². The monoisotopic (exact) mass is 246 g/mol. The van der Waals surface area contributed by atoms with Gasteiger partial charge in [0.2, 0.25) is 0 Å². The van der Waals surface area contributed by atoms with Gasteiger partial charge < -0.3 is 15.4 Å². The lowest BCUT2D eigenvalue weighted by Crippen LogP contribution is -2.35. The first kappa shape index (κ1) is 10.3. The Labute approximate surface area is 84.5 Å². The molecule has 1 rings (SSSR count). The van der Waals surface area contributed by atoms with Gasteiger partial charge in [0.15, 0.2) is 0 Å². The molecule has 4 nitrogen and oxygen atoms in total. The minimum atomic E-state index is -0.227. The number of H-pyrrole nitrogens is 1. The van der Waals surface area contributed by atoms with Crippen molar-refractivity contribution in [2.24, 2.45) is 0 Å². The van der Waals surface area contributed by atoms with Crippen LogP contribution in [0.4, 0.5) is 0 Å². The van der Waals surface area contributed by atoms with E-state index in [0.29, 0.717) is 5.69 Å². The summed E-state index contributed by atoms with van der Waals surface area (Å²) in [6, 6.07) is 1.45. The number of aromatic amines is 1. The molecule has 0 spiro atoms. The highest BCUT2D eigenvalue weighted by molar-refractivity contribution is 9.10. The highest BCUT2D eigenvalue weighted by Gasteiger charge is 2.09. The van der Waals surface area contributed by atoms with E-state index in [4.69, 9.17) is 5.11 Å².